The topological polar surface area (TPSA) is 87.7 Å². The third-order valence-electron chi connectivity index (χ3n) is 3.35. The van der Waals surface area contributed by atoms with E-state index in [0.29, 0.717) is 11.5 Å². The Labute approximate surface area is 124 Å². The normalized spacial score (nSPS) is 17.4. The summed E-state index contributed by atoms with van der Waals surface area (Å²) in [6.07, 6.45) is 0. The van der Waals surface area contributed by atoms with E-state index in [9.17, 15) is 5.26 Å². The molecular weight excluding hydrogens is 320 g/mol. The molecule has 0 spiro atoms. The molecule has 0 bridgehead atoms. The fourth-order valence-electron chi connectivity index (χ4n) is 2.42. The minimum atomic E-state index is -0.280. The number of fused-ring (bicyclic) bond motifs is 1. The van der Waals surface area contributed by atoms with Crippen molar-refractivity contribution in [2.24, 2.45) is 5.73 Å². The second kappa shape index (κ2) is 4.69. The van der Waals surface area contributed by atoms with Gasteiger partial charge in [-0.3, -0.25) is 5.10 Å². The van der Waals surface area contributed by atoms with Gasteiger partial charge < -0.3 is 10.5 Å². The van der Waals surface area contributed by atoms with Crippen LogP contribution in [0.1, 0.15) is 22.7 Å². The number of halogens is 1. The summed E-state index contributed by atoms with van der Waals surface area (Å²) in [5.74, 6) is 0.255. The molecule has 6 heteroatoms. The van der Waals surface area contributed by atoms with Crippen LogP contribution in [0.5, 0.6) is 5.88 Å². The highest BCUT2D eigenvalue weighted by Crippen LogP contribution is 2.44. The maximum absolute atomic E-state index is 9.42. The van der Waals surface area contributed by atoms with Gasteiger partial charge in [0.2, 0.25) is 11.8 Å². The number of aryl methyl sites for hydroxylation is 1. The summed E-state index contributed by atoms with van der Waals surface area (Å²) in [5, 5.41) is 16.4. The fourth-order valence-corrected chi connectivity index (χ4v) is 2.93. The number of nitrogens with zero attached hydrogens (tertiary/aromatic N) is 2. The van der Waals surface area contributed by atoms with Crippen molar-refractivity contribution in [3.63, 3.8) is 0 Å². The molecule has 0 saturated carbocycles. The second-order valence-electron chi connectivity index (χ2n) is 4.51. The van der Waals surface area contributed by atoms with Crippen LogP contribution in [0.25, 0.3) is 0 Å². The quantitative estimate of drug-likeness (QED) is 0.841. The lowest BCUT2D eigenvalue weighted by Gasteiger charge is -2.24. The van der Waals surface area contributed by atoms with E-state index in [2.05, 4.69) is 32.2 Å². The maximum atomic E-state index is 9.42. The van der Waals surface area contributed by atoms with E-state index in [1.54, 1.807) is 0 Å². The van der Waals surface area contributed by atoms with Gasteiger partial charge in [-0.2, -0.15) is 5.26 Å². The first-order valence-electron chi connectivity index (χ1n) is 6.00. The molecule has 0 aliphatic carbocycles. The smallest absolute Gasteiger partial charge is 0.244 e. The molecule has 5 nitrogen and oxygen atoms in total. The predicted molar refractivity (Wildman–Crippen MR) is 76.8 cm³/mol. The summed E-state index contributed by atoms with van der Waals surface area (Å²) in [5.41, 5.74) is 8.93. The average molecular weight is 331 g/mol. The van der Waals surface area contributed by atoms with E-state index >= 15 is 0 Å². The van der Waals surface area contributed by atoms with Gasteiger partial charge >= 0.3 is 0 Å². The lowest BCUT2D eigenvalue weighted by molar-refractivity contribution is 0.378. The van der Waals surface area contributed by atoms with Crippen LogP contribution in [0.2, 0.25) is 0 Å². The van der Waals surface area contributed by atoms with Gasteiger partial charge in [-0.1, -0.05) is 34.1 Å². The van der Waals surface area contributed by atoms with Gasteiger partial charge in [0.05, 0.1) is 5.92 Å². The van der Waals surface area contributed by atoms with Gasteiger partial charge in [-0.15, -0.1) is 5.10 Å². The van der Waals surface area contributed by atoms with Crippen molar-refractivity contribution in [3.8, 4) is 11.9 Å². The zero-order valence-electron chi connectivity index (χ0n) is 10.6. The molecule has 0 amide bonds. The van der Waals surface area contributed by atoms with Crippen molar-refractivity contribution in [2.45, 2.75) is 12.8 Å². The number of allylic oxidation sites excluding steroid dienone is 1. The van der Waals surface area contributed by atoms with Crippen LogP contribution >= 0.6 is 15.9 Å². The van der Waals surface area contributed by atoms with Gasteiger partial charge in [0.25, 0.3) is 0 Å². The van der Waals surface area contributed by atoms with Crippen LogP contribution in [-0.2, 0) is 0 Å². The standard InChI is InChI=1S/C14H11BrN4O/c1-7-11-12(8-4-2-3-5-10(8)15)9(6-16)13(17)20-14(11)19-18-7/h2-5,12H,17H2,1H3,(H,18,19)/t12-/m1/s1. The number of rotatable bonds is 1. The van der Waals surface area contributed by atoms with E-state index < -0.39 is 0 Å². The molecule has 100 valence electrons. The van der Waals surface area contributed by atoms with Crippen molar-refractivity contribution < 1.29 is 4.74 Å². The molecule has 0 radical (unpaired) electrons. The van der Waals surface area contributed by atoms with Gasteiger partial charge in [-0.25, -0.2) is 0 Å². The molecule has 3 N–H and O–H groups in total. The fraction of sp³-hybridized carbons (Fsp3) is 0.143. The van der Waals surface area contributed by atoms with E-state index in [-0.39, 0.29) is 11.8 Å². The first kappa shape index (κ1) is 12.8. The Hall–Kier alpha value is -2.26. The van der Waals surface area contributed by atoms with Crippen molar-refractivity contribution in [3.05, 3.63) is 57.0 Å². The van der Waals surface area contributed by atoms with Crippen molar-refractivity contribution >= 4 is 15.9 Å². The zero-order chi connectivity index (χ0) is 14.3. The van der Waals surface area contributed by atoms with E-state index in [1.165, 1.54) is 0 Å². The van der Waals surface area contributed by atoms with Crippen LogP contribution in [0, 0.1) is 18.3 Å². The molecule has 0 saturated heterocycles. The van der Waals surface area contributed by atoms with Crippen LogP contribution in [0.4, 0.5) is 0 Å². The van der Waals surface area contributed by atoms with Crippen LogP contribution in [0.3, 0.4) is 0 Å². The molecule has 2 aromatic rings. The number of ether oxygens (including phenoxy) is 1. The lowest BCUT2D eigenvalue weighted by Crippen LogP contribution is -2.21. The van der Waals surface area contributed by atoms with Crippen molar-refractivity contribution in [2.75, 3.05) is 0 Å². The number of benzene rings is 1. The largest absolute Gasteiger partial charge is 0.420 e. The summed E-state index contributed by atoms with van der Waals surface area (Å²) in [6.45, 7) is 1.90. The zero-order valence-corrected chi connectivity index (χ0v) is 12.2. The van der Waals surface area contributed by atoms with Gasteiger partial charge in [0.1, 0.15) is 11.6 Å². The van der Waals surface area contributed by atoms with E-state index in [1.807, 2.05) is 31.2 Å². The minimum Gasteiger partial charge on any atom is -0.420 e. The summed E-state index contributed by atoms with van der Waals surface area (Å²) >= 11 is 3.53. The van der Waals surface area contributed by atoms with Gasteiger partial charge in [-0.05, 0) is 18.6 Å². The number of H-pyrrole nitrogens is 1. The third kappa shape index (κ3) is 1.79. The van der Waals surface area contributed by atoms with Crippen molar-refractivity contribution in [1.82, 2.24) is 10.2 Å². The SMILES string of the molecule is Cc1[nH]nc2c1[C@H](c1ccccc1Br)C(C#N)=C(N)O2. The molecule has 2 heterocycles. The summed E-state index contributed by atoms with van der Waals surface area (Å²) in [4.78, 5) is 0. The van der Waals surface area contributed by atoms with Crippen molar-refractivity contribution in [1.29, 1.82) is 5.26 Å². The Balaban J connectivity index is 2.29. The molecule has 1 aliphatic rings. The number of nitrogens with two attached hydrogens (primary N) is 1. The Morgan fingerprint density at radius 2 is 2.20 bits per heavy atom. The summed E-state index contributed by atoms with van der Waals surface area (Å²) in [6, 6.07) is 9.90. The van der Waals surface area contributed by atoms with Crippen LogP contribution in [-0.4, -0.2) is 10.2 Å². The van der Waals surface area contributed by atoms with Gasteiger partial charge in [0.15, 0.2) is 0 Å². The number of nitrogens with one attached hydrogen (secondary N) is 1. The highest BCUT2D eigenvalue weighted by atomic mass is 79.9. The first-order valence-corrected chi connectivity index (χ1v) is 6.79. The molecule has 1 aromatic heterocycles. The van der Waals surface area contributed by atoms with Crippen LogP contribution in [0.15, 0.2) is 40.2 Å². The second-order valence-corrected chi connectivity index (χ2v) is 5.37. The molecule has 0 fully saturated rings. The molecule has 1 aromatic carbocycles. The molecule has 1 atom stereocenters. The lowest BCUT2D eigenvalue weighted by atomic mass is 9.84. The Morgan fingerprint density at radius 1 is 1.45 bits per heavy atom. The maximum Gasteiger partial charge on any atom is 0.244 e. The Kier molecular flexibility index (Phi) is 2.99. The molecule has 1 aliphatic heterocycles. The highest BCUT2D eigenvalue weighted by molar-refractivity contribution is 9.10. The molecule has 0 unspecified atom stereocenters. The predicted octanol–water partition coefficient (Wildman–Crippen LogP) is 2.70. The number of aromatic nitrogens is 2. The van der Waals surface area contributed by atoms with Crippen LogP contribution < -0.4 is 10.5 Å². The Bertz CT molecular complexity index is 757. The number of hydrogen-bond donors (Lipinski definition) is 2. The highest BCUT2D eigenvalue weighted by Gasteiger charge is 2.34. The minimum absolute atomic E-state index is 0.104. The summed E-state index contributed by atoms with van der Waals surface area (Å²) in [7, 11) is 0. The number of aromatic amines is 1. The average Bonchev–Trinajstić information content (AvgIpc) is 2.79. The Morgan fingerprint density at radius 3 is 2.90 bits per heavy atom. The summed E-state index contributed by atoms with van der Waals surface area (Å²) < 4.78 is 6.34. The number of nitriles is 1. The first-order chi connectivity index (χ1) is 9.63. The monoisotopic (exact) mass is 330 g/mol. The van der Waals surface area contributed by atoms with E-state index in [0.717, 1.165) is 21.3 Å². The van der Waals surface area contributed by atoms with Gasteiger partial charge in [0, 0.05) is 15.7 Å². The number of hydrogen-bond acceptors (Lipinski definition) is 4. The third-order valence-corrected chi connectivity index (χ3v) is 4.07. The molecule has 3 rings (SSSR count). The molecular formula is C14H11BrN4O. The van der Waals surface area contributed by atoms with E-state index in [4.69, 9.17) is 10.5 Å². The molecule has 20 heavy (non-hydrogen) atoms.